The molecule has 0 saturated heterocycles. The summed E-state index contributed by atoms with van der Waals surface area (Å²) in [5.41, 5.74) is 2.81. The van der Waals surface area contributed by atoms with E-state index in [-0.39, 0.29) is 0 Å². The van der Waals surface area contributed by atoms with Gasteiger partial charge in [0.05, 0.1) is 24.8 Å². The quantitative estimate of drug-likeness (QED) is 0.678. The molecular formula is C15H18N4O3. The molecule has 116 valence electrons. The smallest absolute Gasteiger partial charge is 0.149 e. The van der Waals surface area contributed by atoms with E-state index in [1.807, 2.05) is 32.2 Å². The van der Waals surface area contributed by atoms with Crippen molar-refractivity contribution in [2.75, 3.05) is 5.32 Å². The Morgan fingerprint density at radius 3 is 2.91 bits per heavy atom. The van der Waals surface area contributed by atoms with Gasteiger partial charge < -0.3 is 19.4 Å². The molecule has 0 aliphatic heterocycles. The van der Waals surface area contributed by atoms with Crippen LogP contribution in [0.3, 0.4) is 0 Å². The Bertz CT molecular complexity index is 710. The van der Waals surface area contributed by atoms with Crippen molar-refractivity contribution in [2.45, 2.75) is 33.0 Å². The van der Waals surface area contributed by atoms with E-state index in [1.54, 1.807) is 17.2 Å². The summed E-state index contributed by atoms with van der Waals surface area (Å²) in [6.45, 7) is 4.37. The highest BCUT2D eigenvalue weighted by molar-refractivity contribution is 5.33. The molecule has 0 saturated carbocycles. The minimum atomic E-state index is -0.722. The average molecular weight is 302 g/mol. The summed E-state index contributed by atoms with van der Waals surface area (Å²) in [5.74, 6) is 1.41. The summed E-state index contributed by atoms with van der Waals surface area (Å²) < 4.78 is 11.9. The first-order chi connectivity index (χ1) is 10.6. The number of aliphatic hydroxyl groups is 1. The van der Waals surface area contributed by atoms with Crippen molar-refractivity contribution >= 4 is 5.82 Å². The van der Waals surface area contributed by atoms with E-state index >= 15 is 0 Å². The maximum atomic E-state index is 10.0. The lowest BCUT2D eigenvalue weighted by molar-refractivity contribution is 0.203. The van der Waals surface area contributed by atoms with Crippen LogP contribution in [0.1, 0.15) is 22.6 Å². The van der Waals surface area contributed by atoms with Crippen LogP contribution >= 0.6 is 0 Å². The fraction of sp³-hybridized carbons (Fsp3) is 0.333. The molecule has 7 nitrogen and oxygen atoms in total. The Kier molecular flexibility index (Phi) is 3.97. The molecule has 0 fully saturated rings. The topological polar surface area (TPSA) is 89.2 Å². The molecule has 3 rings (SSSR count). The van der Waals surface area contributed by atoms with Gasteiger partial charge in [-0.25, -0.2) is 0 Å². The van der Waals surface area contributed by atoms with E-state index in [1.165, 1.54) is 0 Å². The molecule has 0 spiro atoms. The third-order valence-electron chi connectivity index (χ3n) is 3.47. The van der Waals surface area contributed by atoms with Gasteiger partial charge in [-0.3, -0.25) is 4.68 Å². The summed E-state index contributed by atoms with van der Waals surface area (Å²) in [4.78, 5) is 0. The second-order valence-corrected chi connectivity index (χ2v) is 5.20. The highest BCUT2D eigenvalue weighted by atomic mass is 16.5. The number of aliphatic hydroxyl groups excluding tert-OH is 1. The molecule has 3 aromatic rings. The molecule has 3 aromatic heterocycles. The average Bonchev–Trinajstić information content (AvgIpc) is 3.19. The SMILES string of the molecule is Cc1noc(C)c1Cn1ccc(NC(O)Cc2ccoc2)n1. The van der Waals surface area contributed by atoms with E-state index < -0.39 is 6.23 Å². The third-order valence-corrected chi connectivity index (χ3v) is 3.47. The number of anilines is 1. The number of hydrogen-bond acceptors (Lipinski definition) is 6. The number of aryl methyl sites for hydroxylation is 2. The zero-order valence-electron chi connectivity index (χ0n) is 12.5. The summed E-state index contributed by atoms with van der Waals surface area (Å²) in [6, 6.07) is 3.64. The predicted octanol–water partition coefficient (Wildman–Crippen LogP) is 2.10. The Labute approximate surface area is 127 Å². The first-order valence-electron chi connectivity index (χ1n) is 7.02. The third kappa shape index (κ3) is 3.20. The van der Waals surface area contributed by atoms with Crippen molar-refractivity contribution in [2.24, 2.45) is 0 Å². The van der Waals surface area contributed by atoms with Gasteiger partial charge in [0.1, 0.15) is 17.8 Å². The summed E-state index contributed by atoms with van der Waals surface area (Å²) >= 11 is 0. The number of nitrogens with zero attached hydrogens (tertiary/aromatic N) is 3. The normalized spacial score (nSPS) is 12.5. The van der Waals surface area contributed by atoms with Gasteiger partial charge in [0.25, 0.3) is 0 Å². The minimum absolute atomic E-state index is 0.452. The molecule has 7 heteroatoms. The first-order valence-corrected chi connectivity index (χ1v) is 7.02. The Morgan fingerprint density at radius 2 is 2.23 bits per heavy atom. The van der Waals surface area contributed by atoms with Crippen LogP contribution in [-0.2, 0) is 13.0 Å². The van der Waals surface area contributed by atoms with Crippen molar-refractivity contribution in [3.8, 4) is 0 Å². The van der Waals surface area contributed by atoms with Gasteiger partial charge in [0.2, 0.25) is 0 Å². The lowest BCUT2D eigenvalue weighted by Gasteiger charge is -2.10. The van der Waals surface area contributed by atoms with Gasteiger partial charge in [-0.2, -0.15) is 5.10 Å². The zero-order chi connectivity index (χ0) is 15.5. The number of furan rings is 1. The van der Waals surface area contributed by atoms with Crippen molar-refractivity contribution in [3.63, 3.8) is 0 Å². The molecule has 1 atom stereocenters. The lowest BCUT2D eigenvalue weighted by Crippen LogP contribution is -2.21. The van der Waals surface area contributed by atoms with Crippen LogP contribution in [0.5, 0.6) is 0 Å². The Hall–Kier alpha value is -2.54. The molecule has 3 heterocycles. The van der Waals surface area contributed by atoms with Gasteiger partial charge in [0.15, 0.2) is 0 Å². The minimum Gasteiger partial charge on any atom is -0.472 e. The van der Waals surface area contributed by atoms with E-state index in [4.69, 9.17) is 8.94 Å². The second kappa shape index (κ2) is 6.07. The van der Waals surface area contributed by atoms with Crippen molar-refractivity contribution in [3.05, 3.63) is 53.4 Å². The number of rotatable bonds is 6. The number of aromatic nitrogens is 3. The van der Waals surface area contributed by atoms with Gasteiger partial charge in [-0.1, -0.05) is 5.16 Å². The maximum Gasteiger partial charge on any atom is 0.149 e. The second-order valence-electron chi connectivity index (χ2n) is 5.20. The first kappa shape index (κ1) is 14.4. The van der Waals surface area contributed by atoms with Crippen LogP contribution in [0.2, 0.25) is 0 Å². The molecule has 0 aromatic carbocycles. The van der Waals surface area contributed by atoms with E-state index in [0.29, 0.717) is 18.8 Å². The molecular weight excluding hydrogens is 284 g/mol. The summed E-state index contributed by atoms with van der Waals surface area (Å²) in [5, 5.41) is 21.3. The van der Waals surface area contributed by atoms with Crippen LogP contribution < -0.4 is 5.32 Å². The molecule has 22 heavy (non-hydrogen) atoms. The van der Waals surface area contributed by atoms with E-state index in [0.717, 1.165) is 22.6 Å². The molecule has 0 aliphatic rings. The molecule has 1 unspecified atom stereocenters. The molecule has 0 radical (unpaired) electrons. The Balaban J connectivity index is 1.61. The Morgan fingerprint density at radius 1 is 1.36 bits per heavy atom. The number of hydrogen-bond donors (Lipinski definition) is 2. The highest BCUT2D eigenvalue weighted by Crippen LogP contribution is 2.15. The molecule has 0 aliphatic carbocycles. The van der Waals surface area contributed by atoms with E-state index in [9.17, 15) is 5.11 Å². The predicted molar refractivity (Wildman–Crippen MR) is 79.3 cm³/mol. The summed E-state index contributed by atoms with van der Waals surface area (Å²) in [7, 11) is 0. The van der Waals surface area contributed by atoms with Crippen LogP contribution in [0, 0.1) is 13.8 Å². The van der Waals surface area contributed by atoms with Crippen LogP contribution in [0.15, 0.2) is 39.8 Å². The van der Waals surface area contributed by atoms with Crippen LogP contribution in [0.4, 0.5) is 5.82 Å². The van der Waals surface area contributed by atoms with Gasteiger partial charge in [0, 0.05) is 24.2 Å². The standard InChI is InChI=1S/C15H18N4O3/c1-10-13(11(2)22-18-10)8-19-5-3-14(17-19)16-15(20)7-12-4-6-21-9-12/h3-6,9,15,20H,7-8H2,1-2H3,(H,16,17). The molecule has 0 bridgehead atoms. The zero-order valence-corrected chi connectivity index (χ0v) is 12.5. The fourth-order valence-electron chi connectivity index (χ4n) is 2.27. The van der Waals surface area contributed by atoms with Crippen LogP contribution in [-0.4, -0.2) is 26.3 Å². The van der Waals surface area contributed by atoms with Gasteiger partial charge in [-0.05, 0) is 25.5 Å². The van der Waals surface area contributed by atoms with Crippen molar-refractivity contribution < 1.29 is 14.0 Å². The monoisotopic (exact) mass is 302 g/mol. The molecule has 2 N–H and O–H groups in total. The van der Waals surface area contributed by atoms with Crippen molar-refractivity contribution in [1.29, 1.82) is 0 Å². The number of nitrogens with one attached hydrogen (secondary N) is 1. The van der Waals surface area contributed by atoms with Gasteiger partial charge >= 0.3 is 0 Å². The maximum absolute atomic E-state index is 10.0. The summed E-state index contributed by atoms with van der Waals surface area (Å²) in [6.07, 6.45) is 4.77. The van der Waals surface area contributed by atoms with Crippen LogP contribution in [0.25, 0.3) is 0 Å². The molecule has 0 amide bonds. The largest absolute Gasteiger partial charge is 0.472 e. The lowest BCUT2D eigenvalue weighted by atomic mass is 10.2. The van der Waals surface area contributed by atoms with Gasteiger partial charge in [-0.15, -0.1) is 0 Å². The van der Waals surface area contributed by atoms with Crippen molar-refractivity contribution in [1.82, 2.24) is 14.9 Å². The fourth-order valence-corrected chi connectivity index (χ4v) is 2.27. The highest BCUT2D eigenvalue weighted by Gasteiger charge is 2.12. The van der Waals surface area contributed by atoms with E-state index in [2.05, 4.69) is 15.6 Å².